The minimum atomic E-state index is -3.73. The lowest BCUT2D eigenvalue weighted by molar-refractivity contribution is -0.118. The molecule has 0 atom stereocenters. The van der Waals surface area contributed by atoms with Crippen molar-refractivity contribution in [1.29, 1.82) is 0 Å². The standard InChI is InChI=1S/C16H15F2NO3S/c17-14-7-4-8-15(18)13(14)9-10-19-16(20)11-23(21,22)12-5-2-1-3-6-12/h1-8H,9-11H2,(H,19,20). The summed E-state index contributed by atoms with van der Waals surface area (Å²) in [5.74, 6) is -2.82. The molecule has 0 saturated heterocycles. The van der Waals surface area contributed by atoms with Crippen LogP contribution in [-0.2, 0) is 21.1 Å². The first kappa shape index (κ1) is 17.1. The average Bonchev–Trinajstić information content (AvgIpc) is 2.51. The van der Waals surface area contributed by atoms with Gasteiger partial charge >= 0.3 is 0 Å². The predicted molar refractivity (Wildman–Crippen MR) is 81.6 cm³/mol. The van der Waals surface area contributed by atoms with Gasteiger partial charge in [0.1, 0.15) is 17.4 Å². The second-order valence-corrected chi connectivity index (χ2v) is 6.86. The normalized spacial score (nSPS) is 11.2. The van der Waals surface area contributed by atoms with Crippen LogP contribution in [0.3, 0.4) is 0 Å². The zero-order chi connectivity index (χ0) is 16.9. The van der Waals surface area contributed by atoms with Gasteiger partial charge in [0.15, 0.2) is 9.84 Å². The summed E-state index contributed by atoms with van der Waals surface area (Å²) in [5, 5.41) is 2.36. The second kappa shape index (κ2) is 7.32. The first-order valence-corrected chi connectivity index (χ1v) is 8.53. The van der Waals surface area contributed by atoms with Crippen LogP contribution in [0.25, 0.3) is 0 Å². The van der Waals surface area contributed by atoms with Gasteiger partial charge in [-0.2, -0.15) is 0 Å². The Bertz CT molecular complexity index is 772. The fourth-order valence-electron chi connectivity index (χ4n) is 2.03. The van der Waals surface area contributed by atoms with E-state index in [0.29, 0.717) is 0 Å². The van der Waals surface area contributed by atoms with Crippen LogP contribution >= 0.6 is 0 Å². The molecule has 2 aromatic carbocycles. The van der Waals surface area contributed by atoms with Gasteiger partial charge in [-0.3, -0.25) is 4.79 Å². The van der Waals surface area contributed by atoms with Crippen molar-refractivity contribution >= 4 is 15.7 Å². The number of halogens is 2. The monoisotopic (exact) mass is 339 g/mol. The summed E-state index contributed by atoms with van der Waals surface area (Å²) >= 11 is 0. The van der Waals surface area contributed by atoms with Crippen LogP contribution in [0.2, 0.25) is 0 Å². The van der Waals surface area contributed by atoms with Crippen molar-refractivity contribution in [2.24, 2.45) is 0 Å². The molecule has 23 heavy (non-hydrogen) atoms. The van der Waals surface area contributed by atoms with Crippen LogP contribution in [0.5, 0.6) is 0 Å². The molecule has 0 fully saturated rings. The maximum Gasteiger partial charge on any atom is 0.235 e. The van der Waals surface area contributed by atoms with E-state index in [9.17, 15) is 22.0 Å². The molecule has 122 valence electrons. The Balaban J connectivity index is 1.91. The van der Waals surface area contributed by atoms with Crippen molar-refractivity contribution < 1.29 is 22.0 Å². The van der Waals surface area contributed by atoms with Crippen molar-refractivity contribution in [2.75, 3.05) is 12.3 Å². The van der Waals surface area contributed by atoms with Crippen molar-refractivity contribution in [3.8, 4) is 0 Å². The highest BCUT2D eigenvalue weighted by Gasteiger charge is 2.19. The topological polar surface area (TPSA) is 63.2 Å². The van der Waals surface area contributed by atoms with Gasteiger partial charge in [0.2, 0.25) is 5.91 Å². The number of carbonyl (C=O) groups is 1. The molecular weight excluding hydrogens is 324 g/mol. The Labute approximate surface area is 133 Å². The van der Waals surface area contributed by atoms with E-state index in [0.717, 1.165) is 12.1 Å². The molecule has 7 heteroatoms. The molecular formula is C16H15F2NO3S. The molecule has 0 unspecified atom stereocenters. The largest absolute Gasteiger partial charge is 0.355 e. The molecule has 1 N–H and O–H groups in total. The van der Waals surface area contributed by atoms with Crippen LogP contribution in [0.15, 0.2) is 53.4 Å². The molecule has 0 radical (unpaired) electrons. The van der Waals surface area contributed by atoms with Gasteiger partial charge in [-0.25, -0.2) is 17.2 Å². The third kappa shape index (κ3) is 4.59. The predicted octanol–water partition coefficient (Wildman–Crippen LogP) is 2.10. The number of sulfone groups is 1. The minimum Gasteiger partial charge on any atom is -0.355 e. The molecule has 0 aliphatic heterocycles. The fourth-order valence-corrected chi connectivity index (χ4v) is 3.22. The van der Waals surface area contributed by atoms with Gasteiger partial charge < -0.3 is 5.32 Å². The Morgan fingerprint density at radius 2 is 1.57 bits per heavy atom. The maximum absolute atomic E-state index is 13.4. The zero-order valence-electron chi connectivity index (χ0n) is 12.1. The van der Waals surface area contributed by atoms with E-state index in [2.05, 4.69) is 5.32 Å². The quantitative estimate of drug-likeness (QED) is 0.877. The Kier molecular flexibility index (Phi) is 5.44. The number of hydrogen-bond donors (Lipinski definition) is 1. The van der Waals surface area contributed by atoms with E-state index in [1.165, 1.54) is 18.2 Å². The molecule has 4 nitrogen and oxygen atoms in total. The summed E-state index contributed by atoms with van der Waals surface area (Å²) < 4.78 is 50.8. The molecule has 0 aliphatic carbocycles. The molecule has 0 aromatic heterocycles. The lowest BCUT2D eigenvalue weighted by Gasteiger charge is -2.08. The van der Waals surface area contributed by atoms with Crippen LogP contribution in [0.1, 0.15) is 5.56 Å². The number of rotatable bonds is 6. The molecule has 2 aromatic rings. The lowest BCUT2D eigenvalue weighted by Crippen LogP contribution is -2.32. The van der Waals surface area contributed by atoms with E-state index >= 15 is 0 Å². The molecule has 0 heterocycles. The van der Waals surface area contributed by atoms with Crippen molar-refractivity contribution in [1.82, 2.24) is 5.32 Å². The molecule has 1 amide bonds. The summed E-state index contributed by atoms with van der Waals surface area (Å²) in [6.45, 7) is -0.0546. The zero-order valence-corrected chi connectivity index (χ0v) is 12.9. The van der Waals surface area contributed by atoms with Crippen molar-refractivity contribution in [2.45, 2.75) is 11.3 Å². The van der Waals surface area contributed by atoms with E-state index in [1.54, 1.807) is 18.2 Å². The smallest absolute Gasteiger partial charge is 0.235 e. The van der Waals surface area contributed by atoms with Crippen LogP contribution in [0, 0.1) is 11.6 Å². The van der Waals surface area contributed by atoms with Crippen molar-refractivity contribution in [3.05, 3.63) is 65.7 Å². The highest BCUT2D eigenvalue weighted by molar-refractivity contribution is 7.92. The molecule has 0 aliphatic rings. The molecule has 0 bridgehead atoms. The SMILES string of the molecule is O=C(CS(=O)(=O)c1ccccc1)NCCc1c(F)cccc1F. The summed E-state index contributed by atoms with van der Waals surface area (Å²) in [7, 11) is -3.73. The fraction of sp³-hybridized carbons (Fsp3) is 0.188. The maximum atomic E-state index is 13.4. The van der Waals surface area contributed by atoms with E-state index in [4.69, 9.17) is 0 Å². The molecule has 0 spiro atoms. The van der Waals surface area contributed by atoms with Gasteiger partial charge in [-0.15, -0.1) is 0 Å². The van der Waals surface area contributed by atoms with Gasteiger partial charge in [-0.05, 0) is 30.7 Å². The van der Waals surface area contributed by atoms with Gasteiger partial charge in [0.25, 0.3) is 0 Å². The Morgan fingerprint density at radius 1 is 0.957 bits per heavy atom. The third-order valence-electron chi connectivity index (χ3n) is 3.18. The molecule has 0 saturated carbocycles. The van der Waals surface area contributed by atoms with Crippen LogP contribution in [-0.4, -0.2) is 26.6 Å². The van der Waals surface area contributed by atoms with Gasteiger partial charge in [0, 0.05) is 12.1 Å². The van der Waals surface area contributed by atoms with Crippen LogP contribution in [0.4, 0.5) is 8.78 Å². The highest BCUT2D eigenvalue weighted by Crippen LogP contribution is 2.12. The Hall–Kier alpha value is -2.28. The number of nitrogens with one attached hydrogen (secondary N) is 1. The summed E-state index contributed by atoms with van der Waals surface area (Å²) in [6, 6.07) is 11.1. The molecule has 2 rings (SSSR count). The Morgan fingerprint density at radius 3 is 2.17 bits per heavy atom. The summed E-state index contributed by atoms with van der Waals surface area (Å²) in [5.41, 5.74) is -0.140. The van der Waals surface area contributed by atoms with E-state index < -0.39 is 33.1 Å². The van der Waals surface area contributed by atoms with Crippen molar-refractivity contribution in [3.63, 3.8) is 0 Å². The number of hydrogen-bond acceptors (Lipinski definition) is 3. The van der Waals surface area contributed by atoms with E-state index in [-0.39, 0.29) is 23.4 Å². The first-order chi connectivity index (χ1) is 10.9. The summed E-state index contributed by atoms with van der Waals surface area (Å²) in [6.07, 6.45) is -0.0599. The van der Waals surface area contributed by atoms with Gasteiger partial charge in [0.05, 0.1) is 4.90 Å². The first-order valence-electron chi connectivity index (χ1n) is 6.87. The van der Waals surface area contributed by atoms with Gasteiger partial charge in [-0.1, -0.05) is 24.3 Å². The average molecular weight is 339 g/mol. The third-order valence-corrected chi connectivity index (χ3v) is 4.81. The highest BCUT2D eigenvalue weighted by atomic mass is 32.2. The number of benzene rings is 2. The number of carbonyl (C=O) groups excluding carboxylic acids is 1. The number of amides is 1. The van der Waals surface area contributed by atoms with Crippen LogP contribution < -0.4 is 5.32 Å². The minimum absolute atomic E-state index is 0.0512. The van der Waals surface area contributed by atoms with E-state index in [1.807, 2.05) is 0 Å². The summed E-state index contributed by atoms with van der Waals surface area (Å²) in [4.78, 5) is 11.8. The lowest BCUT2D eigenvalue weighted by atomic mass is 10.1. The second-order valence-electron chi connectivity index (χ2n) is 4.87.